The van der Waals surface area contributed by atoms with Gasteiger partial charge in [-0.3, -0.25) is 9.69 Å². The Labute approximate surface area is 271 Å². The highest BCUT2D eigenvalue weighted by Gasteiger charge is 2.41. The highest BCUT2D eigenvalue weighted by atomic mass is 16.6. The molecule has 2 heterocycles. The first-order valence-electron chi connectivity index (χ1n) is 15.4. The fraction of sp³-hybridized carbons (Fsp3) is 0.222. The third-order valence-electron chi connectivity index (χ3n) is 8.32. The van der Waals surface area contributed by atoms with E-state index in [9.17, 15) is 19.5 Å². The number of amides is 2. The Morgan fingerprint density at radius 1 is 0.851 bits per heavy atom. The normalized spacial score (nSPS) is 14.8. The number of aromatic nitrogens is 4. The van der Waals surface area contributed by atoms with Gasteiger partial charge in [-0.25, -0.2) is 9.59 Å². The SMILES string of the molecule is O=C(O)[C@H](Cc1ccccc1)N(Cc1ccc(-c2ccccc2-c2nn[nH]n2)cc1)C(=O)[C@@H]1CCCN1C(=O)OCc1ccccc1. The highest BCUT2D eigenvalue weighted by Crippen LogP contribution is 2.30. The summed E-state index contributed by atoms with van der Waals surface area (Å²) in [7, 11) is 0. The van der Waals surface area contributed by atoms with Gasteiger partial charge in [0.2, 0.25) is 11.7 Å². The molecule has 0 aliphatic carbocycles. The van der Waals surface area contributed by atoms with Crippen LogP contribution in [0.4, 0.5) is 4.79 Å². The zero-order valence-corrected chi connectivity index (χ0v) is 25.6. The minimum Gasteiger partial charge on any atom is -0.480 e. The van der Waals surface area contributed by atoms with Gasteiger partial charge in [-0.15, -0.1) is 10.2 Å². The number of likely N-dealkylation sites (tertiary alicyclic amines) is 1. The predicted molar refractivity (Wildman–Crippen MR) is 174 cm³/mol. The van der Waals surface area contributed by atoms with Crippen molar-refractivity contribution in [2.24, 2.45) is 0 Å². The lowest BCUT2D eigenvalue weighted by molar-refractivity contribution is -0.152. The molecule has 1 aliphatic heterocycles. The second-order valence-corrected chi connectivity index (χ2v) is 11.4. The van der Waals surface area contributed by atoms with Crippen molar-refractivity contribution in [3.8, 4) is 22.5 Å². The zero-order valence-electron chi connectivity index (χ0n) is 25.6. The molecule has 2 amide bonds. The fourth-order valence-corrected chi connectivity index (χ4v) is 5.94. The molecule has 0 radical (unpaired) electrons. The molecule has 1 aliphatic rings. The third-order valence-corrected chi connectivity index (χ3v) is 8.32. The van der Waals surface area contributed by atoms with E-state index >= 15 is 0 Å². The number of nitrogens with zero attached hydrogens (tertiary/aromatic N) is 5. The molecule has 0 saturated carbocycles. The Morgan fingerprint density at radius 3 is 2.17 bits per heavy atom. The number of carbonyl (C=O) groups is 3. The molecule has 47 heavy (non-hydrogen) atoms. The molecule has 2 atom stereocenters. The summed E-state index contributed by atoms with van der Waals surface area (Å²) in [5.41, 5.74) is 4.97. The zero-order chi connectivity index (χ0) is 32.6. The Kier molecular flexibility index (Phi) is 9.62. The van der Waals surface area contributed by atoms with Gasteiger partial charge in [-0.05, 0) is 45.9 Å². The maximum Gasteiger partial charge on any atom is 0.410 e. The van der Waals surface area contributed by atoms with Gasteiger partial charge in [0.25, 0.3) is 0 Å². The number of ether oxygens (including phenoxy) is 1. The molecular formula is C36H34N6O5. The molecule has 5 aromatic rings. The molecule has 0 unspecified atom stereocenters. The number of carboxylic acids is 1. The average molecular weight is 631 g/mol. The van der Waals surface area contributed by atoms with E-state index in [-0.39, 0.29) is 19.6 Å². The second-order valence-electron chi connectivity index (χ2n) is 11.4. The van der Waals surface area contributed by atoms with Crippen LogP contribution >= 0.6 is 0 Å². The van der Waals surface area contributed by atoms with Gasteiger partial charge in [0, 0.05) is 25.1 Å². The number of hydrogen-bond donors (Lipinski definition) is 2. The number of aliphatic carboxylic acids is 1. The first kappa shape index (κ1) is 31.2. The molecule has 11 heteroatoms. The molecular weight excluding hydrogens is 596 g/mol. The molecule has 4 aromatic carbocycles. The quantitative estimate of drug-likeness (QED) is 0.199. The van der Waals surface area contributed by atoms with E-state index in [2.05, 4.69) is 20.6 Å². The lowest BCUT2D eigenvalue weighted by atomic mass is 9.97. The smallest absolute Gasteiger partial charge is 0.410 e. The topological polar surface area (TPSA) is 142 Å². The van der Waals surface area contributed by atoms with Crippen LogP contribution in [0.25, 0.3) is 22.5 Å². The van der Waals surface area contributed by atoms with Gasteiger partial charge < -0.3 is 14.7 Å². The lowest BCUT2D eigenvalue weighted by Crippen LogP contribution is -2.53. The number of rotatable bonds is 11. The maximum atomic E-state index is 14.3. The molecule has 1 saturated heterocycles. The van der Waals surface area contributed by atoms with Crippen molar-refractivity contribution in [2.75, 3.05) is 6.54 Å². The van der Waals surface area contributed by atoms with Crippen LogP contribution in [-0.2, 0) is 33.9 Å². The first-order valence-corrected chi connectivity index (χ1v) is 15.4. The van der Waals surface area contributed by atoms with E-state index in [1.54, 1.807) is 0 Å². The predicted octanol–water partition coefficient (Wildman–Crippen LogP) is 5.36. The Hall–Kier alpha value is -5.84. The summed E-state index contributed by atoms with van der Waals surface area (Å²) in [6.07, 6.45) is 0.544. The standard InChI is InChI=1S/C36H34N6O5/c43-34(31-16-9-21-41(31)36(46)47-24-27-12-5-2-6-13-27)42(32(35(44)45)22-25-10-3-1-4-11-25)23-26-17-19-28(20-18-26)29-14-7-8-15-30(29)33-37-39-40-38-33/h1-8,10-15,17-20,31-32H,9,16,21-24H2,(H,44,45)(H,37,38,39,40)/t31-,32-/m0/s1. The van der Waals surface area contributed by atoms with Gasteiger partial charge >= 0.3 is 12.1 Å². The fourth-order valence-electron chi connectivity index (χ4n) is 5.94. The first-order chi connectivity index (χ1) is 23.0. The molecule has 1 aromatic heterocycles. The summed E-state index contributed by atoms with van der Waals surface area (Å²) < 4.78 is 5.57. The number of carboxylic acid groups (broad SMARTS) is 1. The summed E-state index contributed by atoms with van der Waals surface area (Å²) >= 11 is 0. The largest absolute Gasteiger partial charge is 0.480 e. The van der Waals surface area contributed by atoms with Crippen molar-refractivity contribution in [1.82, 2.24) is 30.4 Å². The number of aromatic amines is 1. The van der Waals surface area contributed by atoms with Gasteiger partial charge in [-0.2, -0.15) is 5.21 Å². The van der Waals surface area contributed by atoms with Crippen molar-refractivity contribution in [3.63, 3.8) is 0 Å². The van der Waals surface area contributed by atoms with Gasteiger partial charge in [-0.1, -0.05) is 109 Å². The summed E-state index contributed by atoms with van der Waals surface area (Å²) in [4.78, 5) is 43.1. The van der Waals surface area contributed by atoms with Crippen LogP contribution in [0.3, 0.4) is 0 Å². The van der Waals surface area contributed by atoms with E-state index in [0.717, 1.165) is 33.4 Å². The van der Waals surface area contributed by atoms with Gasteiger partial charge in [0.05, 0.1) is 0 Å². The van der Waals surface area contributed by atoms with Crippen LogP contribution in [0.15, 0.2) is 109 Å². The lowest BCUT2D eigenvalue weighted by Gasteiger charge is -2.34. The van der Waals surface area contributed by atoms with Crippen LogP contribution in [-0.4, -0.2) is 72.1 Å². The van der Waals surface area contributed by atoms with Crippen molar-refractivity contribution in [3.05, 3.63) is 126 Å². The summed E-state index contributed by atoms with van der Waals surface area (Å²) in [5, 5.41) is 24.9. The van der Waals surface area contributed by atoms with Gasteiger partial charge in [0.15, 0.2) is 0 Å². The Bertz CT molecular complexity index is 1800. The molecule has 2 N–H and O–H groups in total. The van der Waals surface area contributed by atoms with E-state index in [4.69, 9.17) is 4.74 Å². The van der Waals surface area contributed by atoms with Crippen molar-refractivity contribution in [1.29, 1.82) is 0 Å². The molecule has 0 bridgehead atoms. The Morgan fingerprint density at radius 2 is 1.51 bits per heavy atom. The van der Waals surface area contributed by atoms with Gasteiger partial charge in [0.1, 0.15) is 18.7 Å². The van der Waals surface area contributed by atoms with E-state index in [0.29, 0.717) is 25.2 Å². The molecule has 238 valence electrons. The number of nitrogens with one attached hydrogen (secondary N) is 1. The minimum atomic E-state index is -1.16. The molecule has 1 fully saturated rings. The Balaban J connectivity index is 1.26. The summed E-state index contributed by atoms with van der Waals surface area (Å²) in [6.45, 7) is 0.469. The van der Waals surface area contributed by atoms with Crippen LogP contribution in [0, 0.1) is 0 Å². The number of carbonyl (C=O) groups excluding carboxylic acids is 2. The second kappa shape index (κ2) is 14.5. The minimum absolute atomic E-state index is 0.0405. The number of hydrogen-bond acceptors (Lipinski definition) is 7. The highest BCUT2D eigenvalue weighted by molar-refractivity contribution is 5.90. The number of tetrazole rings is 1. The monoisotopic (exact) mass is 630 g/mol. The van der Waals surface area contributed by atoms with Crippen LogP contribution in [0.5, 0.6) is 0 Å². The molecule has 6 rings (SSSR count). The van der Waals surface area contributed by atoms with E-state index in [1.807, 2.05) is 109 Å². The van der Waals surface area contributed by atoms with Crippen molar-refractivity contribution >= 4 is 18.0 Å². The summed E-state index contributed by atoms with van der Waals surface area (Å²) in [6, 6.07) is 31.9. The van der Waals surface area contributed by atoms with Crippen molar-refractivity contribution in [2.45, 2.75) is 44.5 Å². The number of benzene rings is 4. The van der Waals surface area contributed by atoms with Crippen LogP contribution < -0.4 is 0 Å². The van der Waals surface area contributed by atoms with Crippen molar-refractivity contribution < 1.29 is 24.2 Å². The van der Waals surface area contributed by atoms with E-state index in [1.165, 1.54) is 9.80 Å². The van der Waals surface area contributed by atoms with E-state index < -0.39 is 30.1 Å². The van der Waals surface area contributed by atoms with Crippen LogP contribution in [0.1, 0.15) is 29.5 Å². The summed E-state index contributed by atoms with van der Waals surface area (Å²) in [5.74, 6) is -1.08. The molecule has 0 spiro atoms. The maximum absolute atomic E-state index is 14.3. The average Bonchev–Trinajstić information content (AvgIpc) is 3.83. The third kappa shape index (κ3) is 7.36. The number of H-pyrrole nitrogens is 1. The van der Waals surface area contributed by atoms with Crippen LogP contribution in [0.2, 0.25) is 0 Å². The molecule has 11 nitrogen and oxygen atoms in total.